The highest BCUT2D eigenvalue weighted by Crippen LogP contribution is 2.18. The number of carbonyl (C=O) groups is 2. The lowest BCUT2D eigenvalue weighted by Crippen LogP contribution is -2.15. The number of nitrogens with one attached hydrogen (secondary N) is 3. The van der Waals surface area contributed by atoms with Crippen LogP contribution < -0.4 is 10.6 Å². The van der Waals surface area contributed by atoms with Crippen molar-refractivity contribution >= 4 is 34.1 Å². The van der Waals surface area contributed by atoms with Crippen molar-refractivity contribution in [3.05, 3.63) is 83.7 Å². The number of H-pyrrole nitrogens is 1. The van der Waals surface area contributed by atoms with Crippen molar-refractivity contribution in [2.75, 3.05) is 17.2 Å². The van der Waals surface area contributed by atoms with Gasteiger partial charge < -0.3 is 15.6 Å². The van der Waals surface area contributed by atoms with Crippen molar-refractivity contribution in [3.63, 3.8) is 0 Å². The first kappa shape index (κ1) is 19.3. The molecule has 0 aliphatic heterocycles. The second-order valence-corrected chi connectivity index (χ2v) is 6.93. The SMILES string of the molecule is CC(=O)c1ccc(NC(=O)c2ccc(NCCc3c[nH]c4ccccc34)nn2)cc1. The van der Waals surface area contributed by atoms with Gasteiger partial charge in [0.2, 0.25) is 0 Å². The van der Waals surface area contributed by atoms with Crippen LogP contribution in [0.15, 0.2) is 66.9 Å². The Labute approximate surface area is 173 Å². The van der Waals surface area contributed by atoms with E-state index < -0.39 is 0 Å². The van der Waals surface area contributed by atoms with Gasteiger partial charge in [0.25, 0.3) is 5.91 Å². The van der Waals surface area contributed by atoms with E-state index in [2.05, 4.69) is 37.9 Å². The monoisotopic (exact) mass is 399 g/mol. The summed E-state index contributed by atoms with van der Waals surface area (Å²) in [6.07, 6.45) is 2.86. The van der Waals surface area contributed by atoms with Crippen LogP contribution in [0.5, 0.6) is 0 Å². The van der Waals surface area contributed by atoms with E-state index in [1.807, 2.05) is 18.3 Å². The summed E-state index contributed by atoms with van der Waals surface area (Å²) < 4.78 is 0. The third-order valence-corrected chi connectivity index (χ3v) is 4.82. The number of nitrogens with zero attached hydrogens (tertiary/aromatic N) is 2. The van der Waals surface area contributed by atoms with Crippen molar-refractivity contribution in [1.29, 1.82) is 0 Å². The number of hydrogen-bond acceptors (Lipinski definition) is 5. The number of aromatic nitrogens is 3. The number of aromatic amines is 1. The van der Waals surface area contributed by atoms with E-state index in [0.29, 0.717) is 23.6 Å². The Morgan fingerprint density at radius 3 is 2.50 bits per heavy atom. The van der Waals surface area contributed by atoms with Gasteiger partial charge in [0.1, 0.15) is 5.82 Å². The van der Waals surface area contributed by atoms with Crippen molar-refractivity contribution < 1.29 is 9.59 Å². The molecule has 0 saturated heterocycles. The Hall–Kier alpha value is -4.00. The molecule has 7 nitrogen and oxygen atoms in total. The molecule has 150 valence electrons. The molecule has 7 heteroatoms. The van der Waals surface area contributed by atoms with E-state index in [0.717, 1.165) is 11.9 Å². The number of carbonyl (C=O) groups excluding carboxylic acids is 2. The molecule has 3 N–H and O–H groups in total. The third-order valence-electron chi connectivity index (χ3n) is 4.82. The van der Waals surface area contributed by atoms with E-state index in [9.17, 15) is 9.59 Å². The highest BCUT2D eigenvalue weighted by molar-refractivity contribution is 6.03. The van der Waals surface area contributed by atoms with Gasteiger partial charge in [-0.1, -0.05) is 18.2 Å². The summed E-state index contributed by atoms with van der Waals surface area (Å²) >= 11 is 0. The lowest BCUT2D eigenvalue weighted by atomic mass is 10.1. The molecule has 0 bridgehead atoms. The van der Waals surface area contributed by atoms with Crippen LogP contribution in [0.25, 0.3) is 10.9 Å². The number of hydrogen-bond donors (Lipinski definition) is 3. The minimum Gasteiger partial charge on any atom is -0.368 e. The van der Waals surface area contributed by atoms with Crippen LogP contribution >= 0.6 is 0 Å². The van der Waals surface area contributed by atoms with E-state index in [-0.39, 0.29) is 17.4 Å². The summed E-state index contributed by atoms with van der Waals surface area (Å²) in [6, 6.07) is 18.3. The molecule has 30 heavy (non-hydrogen) atoms. The Bertz CT molecular complexity index is 1180. The van der Waals surface area contributed by atoms with Crippen LogP contribution in [0, 0.1) is 0 Å². The van der Waals surface area contributed by atoms with Crippen LogP contribution in [0.2, 0.25) is 0 Å². The van der Waals surface area contributed by atoms with Crippen molar-refractivity contribution in [1.82, 2.24) is 15.2 Å². The van der Waals surface area contributed by atoms with Crippen LogP contribution in [-0.2, 0) is 6.42 Å². The second-order valence-electron chi connectivity index (χ2n) is 6.93. The van der Waals surface area contributed by atoms with Gasteiger partial charge in [0.15, 0.2) is 11.5 Å². The van der Waals surface area contributed by atoms with Gasteiger partial charge >= 0.3 is 0 Å². The van der Waals surface area contributed by atoms with E-state index in [1.54, 1.807) is 36.4 Å². The molecule has 1 amide bonds. The molecule has 2 aromatic heterocycles. The minimum absolute atomic E-state index is 0.0217. The summed E-state index contributed by atoms with van der Waals surface area (Å²) in [5.41, 5.74) is 3.76. The maximum Gasteiger partial charge on any atom is 0.276 e. The zero-order chi connectivity index (χ0) is 20.9. The molecule has 2 heterocycles. The lowest BCUT2D eigenvalue weighted by molar-refractivity contribution is 0.101. The Balaban J connectivity index is 1.32. The first-order valence-electron chi connectivity index (χ1n) is 9.65. The van der Waals surface area contributed by atoms with E-state index in [1.165, 1.54) is 17.9 Å². The fraction of sp³-hybridized carbons (Fsp3) is 0.130. The first-order chi connectivity index (χ1) is 14.6. The van der Waals surface area contributed by atoms with Crippen LogP contribution in [0.3, 0.4) is 0 Å². The zero-order valence-electron chi connectivity index (χ0n) is 16.5. The van der Waals surface area contributed by atoms with E-state index >= 15 is 0 Å². The number of rotatable bonds is 7. The number of Topliss-reactive ketones (excluding diaryl/α,β-unsaturated/α-hetero) is 1. The molecule has 0 radical (unpaired) electrons. The van der Waals surface area contributed by atoms with Crippen molar-refractivity contribution in [3.8, 4) is 0 Å². The highest BCUT2D eigenvalue weighted by atomic mass is 16.2. The average molecular weight is 399 g/mol. The lowest BCUT2D eigenvalue weighted by Gasteiger charge is -2.07. The summed E-state index contributed by atoms with van der Waals surface area (Å²) in [5, 5.41) is 15.3. The normalized spacial score (nSPS) is 10.7. The smallest absolute Gasteiger partial charge is 0.276 e. The van der Waals surface area contributed by atoms with Gasteiger partial charge in [-0.2, -0.15) is 0 Å². The van der Waals surface area contributed by atoms with Crippen molar-refractivity contribution in [2.24, 2.45) is 0 Å². The van der Waals surface area contributed by atoms with E-state index in [4.69, 9.17) is 0 Å². The molecule has 0 saturated carbocycles. The van der Waals surface area contributed by atoms with Gasteiger partial charge in [-0.15, -0.1) is 10.2 Å². The van der Waals surface area contributed by atoms with Crippen LogP contribution in [0.1, 0.15) is 33.3 Å². The fourth-order valence-electron chi connectivity index (χ4n) is 3.19. The van der Waals surface area contributed by atoms with Gasteiger partial charge in [-0.25, -0.2) is 0 Å². The molecule has 0 aliphatic carbocycles. The number of anilines is 2. The summed E-state index contributed by atoms with van der Waals surface area (Å²) in [4.78, 5) is 26.9. The number of ketones is 1. The molecule has 2 aromatic carbocycles. The molecule has 0 aliphatic rings. The summed E-state index contributed by atoms with van der Waals surface area (Å²) in [5.74, 6) is 0.229. The second kappa shape index (κ2) is 8.57. The van der Waals surface area contributed by atoms with Crippen LogP contribution in [-0.4, -0.2) is 33.4 Å². The number of fused-ring (bicyclic) bond motifs is 1. The Morgan fingerprint density at radius 2 is 1.77 bits per heavy atom. The zero-order valence-corrected chi connectivity index (χ0v) is 16.5. The van der Waals surface area contributed by atoms with Crippen molar-refractivity contribution in [2.45, 2.75) is 13.3 Å². The summed E-state index contributed by atoms with van der Waals surface area (Å²) in [6.45, 7) is 2.20. The average Bonchev–Trinajstić information content (AvgIpc) is 3.18. The third kappa shape index (κ3) is 4.35. The highest BCUT2D eigenvalue weighted by Gasteiger charge is 2.09. The Kier molecular flexibility index (Phi) is 5.52. The largest absolute Gasteiger partial charge is 0.368 e. The summed E-state index contributed by atoms with van der Waals surface area (Å²) in [7, 11) is 0. The van der Waals surface area contributed by atoms with Gasteiger partial charge in [0.05, 0.1) is 0 Å². The number of para-hydroxylation sites is 1. The van der Waals surface area contributed by atoms with Gasteiger partial charge in [0, 0.05) is 34.9 Å². The molecule has 0 unspecified atom stereocenters. The maximum atomic E-state index is 12.3. The molecular weight excluding hydrogens is 378 g/mol. The predicted molar refractivity (Wildman–Crippen MR) is 117 cm³/mol. The first-order valence-corrected chi connectivity index (χ1v) is 9.65. The molecule has 4 aromatic rings. The standard InChI is InChI=1S/C23H21N5O2/c1-15(29)16-6-8-18(9-7-16)26-23(30)21-10-11-22(28-27-21)24-13-12-17-14-25-20-5-3-2-4-19(17)20/h2-11,14,25H,12-13H2,1H3,(H,24,28)(H,26,30). The van der Waals surface area contributed by atoms with Gasteiger partial charge in [-0.3, -0.25) is 9.59 Å². The molecular formula is C23H21N5O2. The molecule has 0 atom stereocenters. The Morgan fingerprint density at radius 1 is 0.967 bits per heavy atom. The minimum atomic E-state index is -0.358. The molecule has 4 rings (SSSR count). The molecule has 0 spiro atoms. The maximum absolute atomic E-state index is 12.3. The van der Waals surface area contributed by atoms with Crippen LogP contribution in [0.4, 0.5) is 11.5 Å². The van der Waals surface area contributed by atoms with Gasteiger partial charge in [-0.05, 0) is 61.4 Å². The predicted octanol–water partition coefficient (Wildman–Crippen LogP) is 4.07. The molecule has 0 fully saturated rings. The topological polar surface area (TPSA) is 99.8 Å². The number of amides is 1. The quantitative estimate of drug-likeness (QED) is 0.407. The fourth-order valence-corrected chi connectivity index (χ4v) is 3.19. The number of benzene rings is 2.